The molecule has 0 atom stereocenters. The number of ether oxygens (including phenoxy) is 2. The number of anilines is 1. The Hall–Kier alpha value is -3.19. The molecule has 1 aromatic heterocycles. The molecule has 132 valence electrons. The van der Waals surface area contributed by atoms with Crippen molar-refractivity contribution >= 4 is 28.9 Å². The molecule has 0 saturated carbocycles. The summed E-state index contributed by atoms with van der Waals surface area (Å²) in [7, 11) is 2.92. The Morgan fingerprint density at radius 1 is 1.08 bits per heavy atom. The van der Waals surface area contributed by atoms with Crippen LogP contribution in [0.5, 0.6) is 10.9 Å². The molecule has 1 heterocycles. The third kappa shape index (κ3) is 3.73. The van der Waals surface area contributed by atoms with Crippen molar-refractivity contribution in [2.45, 2.75) is 0 Å². The van der Waals surface area contributed by atoms with Gasteiger partial charge in [-0.3, -0.25) is 4.79 Å². The largest absolute Gasteiger partial charge is 0.465 e. The van der Waals surface area contributed by atoms with Gasteiger partial charge in [0, 0.05) is 24.2 Å². The number of rotatable bonds is 5. The van der Waals surface area contributed by atoms with E-state index in [0.717, 1.165) is 0 Å². The Kier molecular flexibility index (Phi) is 5.28. The molecule has 0 radical (unpaired) electrons. The molecule has 3 rings (SSSR count). The molecule has 0 aliphatic heterocycles. The number of nitrogens with zero attached hydrogens (tertiary/aromatic N) is 2. The van der Waals surface area contributed by atoms with Gasteiger partial charge < -0.3 is 14.4 Å². The van der Waals surface area contributed by atoms with Crippen LogP contribution in [0.25, 0.3) is 0 Å². The Labute approximate surface area is 154 Å². The van der Waals surface area contributed by atoms with Gasteiger partial charge in [-0.1, -0.05) is 23.5 Å². The van der Waals surface area contributed by atoms with E-state index in [4.69, 9.17) is 9.47 Å². The average molecular weight is 368 g/mol. The summed E-state index contributed by atoms with van der Waals surface area (Å²) in [6.45, 7) is 0. The maximum absolute atomic E-state index is 12.8. The van der Waals surface area contributed by atoms with E-state index in [1.807, 2.05) is 5.38 Å². The number of carbonyl (C=O) groups is 2. The molecule has 0 bridgehead atoms. The minimum absolute atomic E-state index is 0.248. The Balaban J connectivity index is 1.80. The maximum Gasteiger partial charge on any atom is 0.339 e. The van der Waals surface area contributed by atoms with E-state index >= 15 is 0 Å². The van der Waals surface area contributed by atoms with Crippen molar-refractivity contribution in [1.29, 1.82) is 0 Å². The van der Waals surface area contributed by atoms with Crippen molar-refractivity contribution in [3.63, 3.8) is 0 Å². The molecule has 0 spiro atoms. The number of aromatic nitrogens is 1. The molecule has 6 nitrogen and oxygen atoms in total. The van der Waals surface area contributed by atoms with Gasteiger partial charge in [-0.15, -0.1) is 0 Å². The molecule has 0 aliphatic rings. The van der Waals surface area contributed by atoms with Crippen LogP contribution in [0.15, 0.2) is 60.1 Å². The fraction of sp³-hybridized carbons (Fsp3) is 0.105. The highest BCUT2D eigenvalue weighted by atomic mass is 32.1. The van der Waals surface area contributed by atoms with Crippen molar-refractivity contribution in [3.05, 3.63) is 71.2 Å². The van der Waals surface area contributed by atoms with Crippen LogP contribution < -0.4 is 9.64 Å². The second-order valence-electron chi connectivity index (χ2n) is 5.30. The van der Waals surface area contributed by atoms with Gasteiger partial charge in [0.15, 0.2) is 0 Å². The minimum Gasteiger partial charge on any atom is -0.465 e. The number of thiazole rings is 1. The number of benzene rings is 2. The number of methoxy groups -OCH3 is 1. The third-order valence-electron chi connectivity index (χ3n) is 3.69. The number of carbonyl (C=O) groups excluding carboxylic acids is 2. The number of amides is 1. The van der Waals surface area contributed by atoms with E-state index in [2.05, 4.69) is 4.98 Å². The lowest BCUT2D eigenvalue weighted by molar-refractivity contribution is 0.0601. The highest BCUT2D eigenvalue weighted by molar-refractivity contribution is 7.11. The highest BCUT2D eigenvalue weighted by Crippen LogP contribution is 2.25. The first kappa shape index (κ1) is 17.6. The number of hydrogen-bond donors (Lipinski definition) is 0. The molecule has 0 fully saturated rings. The van der Waals surface area contributed by atoms with Crippen molar-refractivity contribution < 1.29 is 19.1 Å². The van der Waals surface area contributed by atoms with Gasteiger partial charge in [0.05, 0.1) is 18.4 Å². The lowest BCUT2D eigenvalue weighted by Crippen LogP contribution is -2.28. The van der Waals surface area contributed by atoms with Crippen LogP contribution in [0.2, 0.25) is 0 Å². The van der Waals surface area contributed by atoms with Crippen molar-refractivity contribution in [2.75, 3.05) is 19.1 Å². The molecule has 1 amide bonds. The molecule has 26 heavy (non-hydrogen) atoms. The van der Waals surface area contributed by atoms with Gasteiger partial charge >= 0.3 is 5.97 Å². The van der Waals surface area contributed by atoms with Crippen LogP contribution >= 0.6 is 11.3 Å². The first-order valence-electron chi connectivity index (χ1n) is 7.73. The molecule has 3 aromatic rings. The normalized spacial score (nSPS) is 10.2. The van der Waals surface area contributed by atoms with Crippen LogP contribution in [-0.4, -0.2) is 31.0 Å². The zero-order chi connectivity index (χ0) is 18.5. The van der Waals surface area contributed by atoms with Gasteiger partial charge in [0.1, 0.15) is 5.75 Å². The van der Waals surface area contributed by atoms with E-state index < -0.39 is 5.97 Å². The number of para-hydroxylation sites is 1. The van der Waals surface area contributed by atoms with Crippen molar-refractivity contribution in [3.8, 4) is 10.9 Å². The lowest BCUT2D eigenvalue weighted by Gasteiger charge is -2.20. The van der Waals surface area contributed by atoms with Crippen LogP contribution in [0.3, 0.4) is 0 Å². The predicted octanol–water partition coefficient (Wildman–Crippen LogP) is 4.00. The first-order chi connectivity index (χ1) is 12.6. The predicted molar refractivity (Wildman–Crippen MR) is 99.1 cm³/mol. The number of esters is 1. The van der Waals surface area contributed by atoms with Gasteiger partial charge in [0.25, 0.3) is 11.1 Å². The highest BCUT2D eigenvalue weighted by Gasteiger charge is 2.20. The zero-order valence-electron chi connectivity index (χ0n) is 14.2. The summed E-state index contributed by atoms with van der Waals surface area (Å²) in [4.78, 5) is 30.1. The maximum atomic E-state index is 12.8. The fourth-order valence-corrected chi connectivity index (χ4v) is 2.88. The van der Waals surface area contributed by atoms with E-state index in [1.54, 1.807) is 61.8 Å². The molecule has 2 aromatic carbocycles. The standard InChI is InChI=1S/C19H16N2O4S/c1-21(16-6-4-3-5-15(16)18(23)24-2)17(22)13-7-9-14(10-8-13)25-19-20-11-12-26-19/h3-12H,1-2H3. The molecule has 0 N–H and O–H groups in total. The van der Waals surface area contributed by atoms with Gasteiger partial charge in [0.2, 0.25) is 0 Å². The quantitative estimate of drug-likeness (QED) is 0.637. The second-order valence-corrected chi connectivity index (χ2v) is 6.15. The summed E-state index contributed by atoms with van der Waals surface area (Å²) in [6, 6.07) is 13.5. The summed E-state index contributed by atoms with van der Waals surface area (Å²) < 4.78 is 10.4. The molecule has 0 aliphatic carbocycles. The van der Waals surface area contributed by atoms with Crippen molar-refractivity contribution in [2.24, 2.45) is 0 Å². The fourth-order valence-electron chi connectivity index (χ4n) is 2.38. The van der Waals surface area contributed by atoms with Gasteiger partial charge in [-0.2, -0.15) is 0 Å². The average Bonchev–Trinajstić information content (AvgIpc) is 3.20. The lowest BCUT2D eigenvalue weighted by atomic mass is 10.1. The smallest absolute Gasteiger partial charge is 0.339 e. The summed E-state index contributed by atoms with van der Waals surface area (Å²) >= 11 is 1.38. The van der Waals surface area contributed by atoms with E-state index in [0.29, 0.717) is 27.8 Å². The Morgan fingerprint density at radius 2 is 1.81 bits per heavy atom. The van der Waals surface area contributed by atoms with Crippen LogP contribution in [0.1, 0.15) is 20.7 Å². The molecule has 0 saturated heterocycles. The monoisotopic (exact) mass is 368 g/mol. The van der Waals surface area contributed by atoms with Crippen molar-refractivity contribution in [1.82, 2.24) is 4.98 Å². The second kappa shape index (κ2) is 7.79. The van der Waals surface area contributed by atoms with Crippen LogP contribution in [0, 0.1) is 0 Å². The summed E-state index contributed by atoms with van der Waals surface area (Å²) in [5.41, 5.74) is 1.28. The number of hydrogen-bond acceptors (Lipinski definition) is 6. The Morgan fingerprint density at radius 3 is 2.46 bits per heavy atom. The summed E-state index contributed by atoms with van der Waals surface area (Å²) in [5, 5.41) is 2.36. The summed E-state index contributed by atoms with van der Waals surface area (Å²) in [6.07, 6.45) is 1.66. The molecule has 0 unspecified atom stereocenters. The van der Waals surface area contributed by atoms with E-state index in [9.17, 15) is 9.59 Å². The first-order valence-corrected chi connectivity index (χ1v) is 8.61. The van der Waals surface area contributed by atoms with Crippen LogP contribution in [-0.2, 0) is 4.74 Å². The topological polar surface area (TPSA) is 68.7 Å². The molecule has 7 heteroatoms. The summed E-state index contributed by atoms with van der Waals surface area (Å²) in [5.74, 6) is -0.149. The van der Waals surface area contributed by atoms with Gasteiger partial charge in [-0.25, -0.2) is 9.78 Å². The molecular formula is C19H16N2O4S. The van der Waals surface area contributed by atoms with E-state index in [1.165, 1.54) is 23.3 Å². The minimum atomic E-state index is -0.493. The zero-order valence-corrected chi connectivity index (χ0v) is 15.0. The third-order valence-corrected chi connectivity index (χ3v) is 4.34. The Bertz CT molecular complexity index is 908. The molecular weight excluding hydrogens is 352 g/mol. The SMILES string of the molecule is COC(=O)c1ccccc1N(C)C(=O)c1ccc(Oc2nccs2)cc1. The van der Waals surface area contributed by atoms with Gasteiger partial charge in [-0.05, 0) is 36.4 Å². The van der Waals surface area contributed by atoms with E-state index in [-0.39, 0.29) is 5.91 Å². The van der Waals surface area contributed by atoms with Crippen LogP contribution in [0.4, 0.5) is 5.69 Å².